The topological polar surface area (TPSA) is 78.9 Å². The number of halogens is 1. The molecule has 0 radical (unpaired) electrons. The van der Waals surface area contributed by atoms with Gasteiger partial charge < -0.3 is 10.5 Å². The number of nitrogens with zero attached hydrogens (tertiary/aromatic N) is 4. The van der Waals surface area contributed by atoms with Gasteiger partial charge in [-0.25, -0.2) is 9.97 Å². The molecule has 1 unspecified atom stereocenters. The van der Waals surface area contributed by atoms with E-state index >= 15 is 0 Å². The fourth-order valence-corrected chi connectivity index (χ4v) is 2.25. The molecule has 0 aromatic carbocycles. The van der Waals surface area contributed by atoms with Gasteiger partial charge in [-0.3, -0.25) is 4.68 Å². The zero-order valence-electron chi connectivity index (χ0n) is 10.2. The van der Waals surface area contributed by atoms with E-state index in [1.807, 2.05) is 11.6 Å². The Labute approximate surface area is 113 Å². The number of methoxy groups -OCH3 is 1. The lowest BCUT2D eigenvalue weighted by Gasteiger charge is -2.14. The van der Waals surface area contributed by atoms with Gasteiger partial charge in [0.2, 0.25) is 5.88 Å². The summed E-state index contributed by atoms with van der Waals surface area (Å²) in [4.78, 5) is 8.15. The Morgan fingerprint density at radius 3 is 2.94 bits per heavy atom. The highest BCUT2D eigenvalue weighted by molar-refractivity contribution is 9.10. The molecule has 2 rings (SSSR count). The predicted molar refractivity (Wildman–Crippen MR) is 70.2 cm³/mol. The maximum Gasteiger partial charge on any atom is 0.216 e. The second-order valence-corrected chi connectivity index (χ2v) is 4.51. The number of nitrogens with two attached hydrogens (primary N) is 1. The lowest BCUT2D eigenvalue weighted by Crippen LogP contribution is -2.19. The van der Waals surface area contributed by atoms with Crippen molar-refractivity contribution in [2.45, 2.75) is 19.5 Å². The Hall–Kier alpha value is -1.47. The van der Waals surface area contributed by atoms with E-state index in [1.54, 1.807) is 19.4 Å². The first-order valence-corrected chi connectivity index (χ1v) is 6.29. The molecule has 2 N–H and O–H groups in total. The normalized spacial score (nSPS) is 12.4. The SMILES string of the molecule is CCn1ncc(Br)c1C(N)c1cc(OC)ncn1. The zero-order valence-corrected chi connectivity index (χ0v) is 11.8. The van der Waals surface area contributed by atoms with Crippen LogP contribution >= 0.6 is 15.9 Å². The van der Waals surface area contributed by atoms with E-state index in [4.69, 9.17) is 10.5 Å². The average molecular weight is 312 g/mol. The van der Waals surface area contributed by atoms with Gasteiger partial charge in [0.25, 0.3) is 0 Å². The van der Waals surface area contributed by atoms with Crippen LogP contribution in [0.4, 0.5) is 0 Å². The lowest BCUT2D eigenvalue weighted by molar-refractivity contribution is 0.395. The minimum absolute atomic E-state index is 0.376. The quantitative estimate of drug-likeness (QED) is 0.926. The lowest BCUT2D eigenvalue weighted by atomic mass is 10.1. The molecular weight excluding hydrogens is 298 g/mol. The van der Waals surface area contributed by atoms with Gasteiger partial charge in [-0.15, -0.1) is 0 Å². The van der Waals surface area contributed by atoms with Gasteiger partial charge in [-0.1, -0.05) is 0 Å². The van der Waals surface area contributed by atoms with E-state index < -0.39 is 0 Å². The van der Waals surface area contributed by atoms with Crippen LogP contribution in [0.25, 0.3) is 0 Å². The minimum Gasteiger partial charge on any atom is -0.481 e. The van der Waals surface area contributed by atoms with Crippen LogP contribution in [0.5, 0.6) is 5.88 Å². The number of rotatable bonds is 4. The summed E-state index contributed by atoms with van der Waals surface area (Å²) in [6, 6.07) is 1.35. The number of ether oxygens (including phenoxy) is 1. The first-order valence-electron chi connectivity index (χ1n) is 5.50. The zero-order chi connectivity index (χ0) is 13.1. The van der Waals surface area contributed by atoms with Crippen molar-refractivity contribution in [3.05, 3.63) is 34.5 Å². The largest absolute Gasteiger partial charge is 0.481 e. The van der Waals surface area contributed by atoms with E-state index in [9.17, 15) is 0 Å². The summed E-state index contributed by atoms with van der Waals surface area (Å²) in [7, 11) is 1.56. The molecule has 0 bridgehead atoms. The molecular formula is C11H14BrN5O. The summed E-state index contributed by atoms with van der Waals surface area (Å²) in [5.41, 5.74) is 7.80. The first-order chi connectivity index (χ1) is 8.67. The molecule has 0 aliphatic carbocycles. The standard InChI is InChI=1S/C11H14BrN5O/c1-3-17-11(7(12)5-16-17)10(13)8-4-9(18-2)15-6-14-8/h4-6,10H,3,13H2,1-2H3. The van der Waals surface area contributed by atoms with Crippen LogP contribution < -0.4 is 10.5 Å². The van der Waals surface area contributed by atoms with Crippen molar-refractivity contribution < 1.29 is 4.74 Å². The highest BCUT2D eigenvalue weighted by Gasteiger charge is 2.19. The summed E-state index contributed by atoms with van der Waals surface area (Å²) in [6.07, 6.45) is 3.17. The van der Waals surface area contributed by atoms with E-state index in [0.717, 1.165) is 16.7 Å². The molecule has 0 aliphatic heterocycles. The van der Waals surface area contributed by atoms with Crippen LogP contribution in [0, 0.1) is 0 Å². The monoisotopic (exact) mass is 311 g/mol. The Morgan fingerprint density at radius 2 is 2.28 bits per heavy atom. The second kappa shape index (κ2) is 5.45. The second-order valence-electron chi connectivity index (χ2n) is 3.66. The third-order valence-corrected chi connectivity index (χ3v) is 3.23. The summed E-state index contributed by atoms with van der Waals surface area (Å²) in [5.74, 6) is 0.495. The Kier molecular flexibility index (Phi) is 3.93. The molecule has 96 valence electrons. The molecule has 0 fully saturated rings. The molecule has 6 nitrogen and oxygen atoms in total. The fraction of sp³-hybridized carbons (Fsp3) is 0.364. The molecule has 2 aromatic rings. The van der Waals surface area contributed by atoms with Crippen molar-refractivity contribution in [3.8, 4) is 5.88 Å². The number of hydrogen-bond donors (Lipinski definition) is 1. The molecule has 2 heterocycles. The third-order valence-electron chi connectivity index (χ3n) is 2.62. The van der Waals surface area contributed by atoms with Gasteiger partial charge in [0.1, 0.15) is 6.33 Å². The Bertz CT molecular complexity index is 542. The van der Waals surface area contributed by atoms with Crippen LogP contribution in [-0.2, 0) is 6.54 Å². The third kappa shape index (κ3) is 2.37. The molecule has 0 aliphatic rings. The maximum atomic E-state index is 6.22. The van der Waals surface area contributed by atoms with Crippen molar-refractivity contribution in [2.75, 3.05) is 7.11 Å². The van der Waals surface area contributed by atoms with Crippen LogP contribution in [0.3, 0.4) is 0 Å². The van der Waals surface area contributed by atoms with Crippen molar-refractivity contribution in [1.29, 1.82) is 0 Å². The van der Waals surface area contributed by atoms with Crippen molar-refractivity contribution in [1.82, 2.24) is 19.7 Å². The molecule has 1 atom stereocenters. The molecule has 18 heavy (non-hydrogen) atoms. The Balaban J connectivity index is 2.40. The van der Waals surface area contributed by atoms with Gasteiger partial charge in [0, 0.05) is 12.6 Å². The van der Waals surface area contributed by atoms with Crippen LogP contribution in [-0.4, -0.2) is 26.9 Å². The van der Waals surface area contributed by atoms with Crippen molar-refractivity contribution in [2.24, 2.45) is 5.73 Å². The molecule has 0 spiro atoms. The predicted octanol–water partition coefficient (Wildman–Crippen LogP) is 1.51. The van der Waals surface area contributed by atoms with Gasteiger partial charge in [-0.05, 0) is 22.9 Å². The van der Waals surface area contributed by atoms with Crippen molar-refractivity contribution in [3.63, 3.8) is 0 Å². The van der Waals surface area contributed by atoms with Crippen molar-refractivity contribution >= 4 is 15.9 Å². The summed E-state index contributed by atoms with van der Waals surface area (Å²) < 4.78 is 7.77. The number of hydrogen-bond acceptors (Lipinski definition) is 5. The molecule has 0 saturated carbocycles. The summed E-state index contributed by atoms with van der Waals surface area (Å²) in [5, 5.41) is 4.24. The maximum absolute atomic E-state index is 6.22. The van der Waals surface area contributed by atoms with E-state index in [2.05, 4.69) is 31.0 Å². The average Bonchev–Trinajstić information content (AvgIpc) is 2.79. The first kappa shape index (κ1) is 13.0. The molecule has 2 aromatic heterocycles. The Morgan fingerprint density at radius 1 is 1.50 bits per heavy atom. The molecule has 0 saturated heterocycles. The van der Waals surface area contributed by atoms with Gasteiger partial charge in [-0.2, -0.15) is 5.10 Å². The smallest absolute Gasteiger partial charge is 0.216 e. The van der Waals surface area contributed by atoms with Gasteiger partial charge in [0.05, 0.1) is 35.2 Å². The molecule has 7 heteroatoms. The van der Waals surface area contributed by atoms with Crippen LogP contribution in [0.2, 0.25) is 0 Å². The van der Waals surface area contributed by atoms with E-state index in [1.165, 1.54) is 6.33 Å². The van der Waals surface area contributed by atoms with Crippen LogP contribution in [0.1, 0.15) is 24.4 Å². The van der Waals surface area contributed by atoms with Gasteiger partial charge >= 0.3 is 0 Å². The van der Waals surface area contributed by atoms with Crippen LogP contribution in [0.15, 0.2) is 23.1 Å². The van der Waals surface area contributed by atoms with Gasteiger partial charge in [0.15, 0.2) is 0 Å². The minimum atomic E-state index is -0.376. The highest BCUT2D eigenvalue weighted by Crippen LogP contribution is 2.26. The highest BCUT2D eigenvalue weighted by atomic mass is 79.9. The van der Waals surface area contributed by atoms with E-state index in [0.29, 0.717) is 11.6 Å². The summed E-state index contributed by atoms with van der Waals surface area (Å²) in [6.45, 7) is 2.76. The van der Waals surface area contributed by atoms with E-state index in [-0.39, 0.29) is 6.04 Å². The fourth-order valence-electron chi connectivity index (χ4n) is 1.71. The molecule has 0 amide bonds. The number of aryl methyl sites for hydroxylation is 1. The summed E-state index contributed by atoms with van der Waals surface area (Å²) >= 11 is 3.45. The number of aromatic nitrogens is 4.